The molecule has 2 nitrogen and oxygen atoms in total. The zero-order chi connectivity index (χ0) is 9.53. The maximum Gasteiger partial charge on any atom is 0.426 e. The van der Waals surface area contributed by atoms with Gasteiger partial charge in [0, 0.05) is 0 Å². The SMILES string of the molecule is FC(F)(F)C1(c2ccccc2)NN1. The predicted molar refractivity (Wildman–Crippen MR) is 40.4 cm³/mol. The maximum absolute atomic E-state index is 12.5. The Balaban J connectivity index is 2.37. The van der Waals surface area contributed by atoms with E-state index in [4.69, 9.17) is 0 Å². The van der Waals surface area contributed by atoms with Crippen molar-refractivity contribution in [1.82, 2.24) is 10.9 Å². The van der Waals surface area contributed by atoms with Gasteiger partial charge in [-0.05, 0) is 5.56 Å². The molecule has 1 aromatic carbocycles. The van der Waals surface area contributed by atoms with Gasteiger partial charge in [0.25, 0.3) is 0 Å². The van der Waals surface area contributed by atoms with Gasteiger partial charge in [-0.25, -0.2) is 10.9 Å². The van der Waals surface area contributed by atoms with Gasteiger partial charge in [-0.15, -0.1) is 0 Å². The molecule has 0 radical (unpaired) electrons. The van der Waals surface area contributed by atoms with Crippen LogP contribution in [0.2, 0.25) is 0 Å². The third kappa shape index (κ3) is 1.20. The average Bonchev–Trinajstić information content (AvgIpc) is 2.84. The first-order chi connectivity index (χ1) is 6.06. The number of hydrogen-bond donors (Lipinski definition) is 2. The molecule has 0 aromatic heterocycles. The van der Waals surface area contributed by atoms with Crippen LogP contribution in [0.4, 0.5) is 13.2 Å². The molecule has 0 amide bonds. The van der Waals surface area contributed by atoms with Gasteiger partial charge in [-0.3, -0.25) is 0 Å². The molecular formula is C8H7F3N2. The van der Waals surface area contributed by atoms with Crippen LogP contribution in [-0.4, -0.2) is 6.18 Å². The van der Waals surface area contributed by atoms with Gasteiger partial charge >= 0.3 is 6.18 Å². The minimum atomic E-state index is -4.31. The maximum atomic E-state index is 12.5. The van der Waals surface area contributed by atoms with Crippen LogP contribution in [0.1, 0.15) is 5.56 Å². The molecule has 1 aromatic rings. The van der Waals surface area contributed by atoms with Gasteiger partial charge in [-0.2, -0.15) is 13.2 Å². The highest BCUT2D eigenvalue weighted by molar-refractivity contribution is 5.29. The van der Waals surface area contributed by atoms with E-state index in [1.54, 1.807) is 18.2 Å². The summed E-state index contributed by atoms with van der Waals surface area (Å²) in [6.45, 7) is 0. The average molecular weight is 188 g/mol. The van der Waals surface area contributed by atoms with Gasteiger partial charge in [0.05, 0.1) is 0 Å². The Morgan fingerprint density at radius 2 is 1.54 bits per heavy atom. The summed E-state index contributed by atoms with van der Waals surface area (Å²) < 4.78 is 37.4. The standard InChI is InChI=1S/C8H7F3N2/c9-8(10,11)7(12-13-7)6-4-2-1-3-5-6/h1-5,12-13H. The molecule has 0 saturated carbocycles. The van der Waals surface area contributed by atoms with Crippen molar-refractivity contribution in [3.8, 4) is 0 Å². The molecule has 2 rings (SSSR count). The number of halogens is 3. The normalized spacial score (nSPS) is 19.9. The Hall–Kier alpha value is -1.07. The monoisotopic (exact) mass is 188 g/mol. The third-order valence-corrected chi connectivity index (χ3v) is 2.01. The van der Waals surface area contributed by atoms with E-state index < -0.39 is 11.8 Å². The number of hydrogen-bond acceptors (Lipinski definition) is 2. The summed E-state index contributed by atoms with van der Waals surface area (Å²) in [7, 11) is 0. The lowest BCUT2D eigenvalue weighted by atomic mass is 10.0. The number of nitrogens with one attached hydrogen (secondary N) is 2. The van der Waals surface area contributed by atoms with E-state index in [-0.39, 0.29) is 5.56 Å². The highest BCUT2D eigenvalue weighted by Gasteiger charge is 2.65. The molecule has 0 bridgehead atoms. The highest BCUT2D eigenvalue weighted by Crippen LogP contribution is 2.41. The molecule has 1 aliphatic heterocycles. The van der Waals surface area contributed by atoms with Crippen molar-refractivity contribution in [3.05, 3.63) is 35.9 Å². The Kier molecular flexibility index (Phi) is 1.61. The molecule has 1 heterocycles. The number of rotatable bonds is 1. The Bertz CT molecular complexity index is 303. The second kappa shape index (κ2) is 2.46. The fourth-order valence-electron chi connectivity index (χ4n) is 1.20. The Labute approximate surface area is 72.7 Å². The number of alkyl halides is 3. The van der Waals surface area contributed by atoms with Crippen LogP contribution in [0.5, 0.6) is 0 Å². The fraction of sp³-hybridized carbons (Fsp3) is 0.250. The lowest BCUT2D eigenvalue weighted by molar-refractivity contribution is -0.165. The summed E-state index contributed by atoms with van der Waals surface area (Å²) in [6.07, 6.45) is -4.31. The van der Waals surface area contributed by atoms with E-state index in [1.165, 1.54) is 12.1 Å². The summed E-state index contributed by atoms with van der Waals surface area (Å²) in [5.74, 6) is 0. The first-order valence-electron chi connectivity index (χ1n) is 3.73. The van der Waals surface area contributed by atoms with Crippen LogP contribution in [-0.2, 0) is 5.66 Å². The van der Waals surface area contributed by atoms with Crippen molar-refractivity contribution in [2.24, 2.45) is 0 Å². The molecule has 0 unspecified atom stereocenters. The lowest BCUT2D eigenvalue weighted by Crippen LogP contribution is -2.34. The molecule has 1 saturated heterocycles. The molecule has 5 heteroatoms. The third-order valence-electron chi connectivity index (χ3n) is 2.01. The number of benzene rings is 1. The van der Waals surface area contributed by atoms with Crippen LogP contribution < -0.4 is 10.9 Å². The van der Waals surface area contributed by atoms with E-state index in [1.807, 2.05) is 0 Å². The van der Waals surface area contributed by atoms with E-state index in [0.717, 1.165) is 0 Å². The molecular weight excluding hydrogens is 181 g/mol. The van der Waals surface area contributed by atoms with Gasteiger partial charge in [0.1, 0.15) is 0 Å². The second-order valence-electron chi connectivity index (χ2n) is 2.86. The summed E-state index contributed by atoms with van der Waals surface area (Å²) in [4.78, 5) is 0. The van der Waals surface area contributed by atoms with Gasteiger partial charge in [0.15, 0.2) is 0 Å². The van der Waals surface area contributed by atoms with Crippen molar-refractivity contribution < 1.29 is 13.2 Å². The Morgan fingerprint density at radius 1 is 1.00 bits per heavy atom. The van der Waals surface area contributed by atoms with Crippen LogP contribution >= 0.6 is 0 Å². The van der Waals surface area contributed by atoms with Gasteiger partial charge < -0.3 is 0 Å². The second-order valence-corrected chi connectivity index (χ2v) is 2.86. The zero-order valence-electron chi connectivity index (χ0n) is 6.52. The van der Waals surface area contributed by atoms with Crippen molar-refractivity contribution in [2.45, 2.75) is 11.8 Å². The van der Waals surface area contributed by atoms with E-state index in [2.05, 4.69) is 10.9 Å². The van der Waals surface area contributed by atoms with Crippen LogP contribution in [0.15, 0.2) is 30.3 Å². The first kappa shape index (κ1) is 8.52. The van der Waals surface area contributed by atoms with Crippen LogP contribution in [0.3, 0.4) is 0 Å². The smallest absolute Gasteiger partial charge is 0.223 e. The van der Waals surface area contributed by atoms with Gasteiger partial charge in [-0.1, -0.05) is 30.3 Å². The summed E-state index contributed by atoms with van der Waals surface area (Å²) in [5.41, 5.74) is 2.42. The number of hydrazine groups is 1. The van der Waals surface area contributed by atoms with E-state index in [9.17, 15) is 13.2 Å². The molecule has 2 N–H and O–H groups in total. The molecule has 0 atom stereocenters. The topological polar surface area (TPSA) is 43.9 Å². The molecule has 13 heavy (non-hydrogen) atoms. The van der Waals surface area contributed by atoms with Crippen molar-refractivity contribution in [3.63, 3.8) is 0 Å². The molecule has 70 valence electrons. The van der Waals surface area contributed by atoms with Crippen molar-refractivity contribution >= 4 is 0 Å². The molecule has 0 spiro atoms. The van der Waals surface area contributed by atoms with Crippen molar-refractivity contribution in [1.29, 1.82) is 0 Å². The predicted octanol–water partition coefficient (Wildman–Crippen LogP) is 1.51. The largest absolute Gasteiger partial charge is 0.426 e. The van der Waals surface area contributed by atoms with E-state index >= 15 is 0 Å². The summed E-state index contributed by atoms with van der Waals surface area (Å²) in [6, 6.07) is 7.69. The first-order valence-corrected chi connectivity index (χ1v) is 3.73. The zero-order valence-corrected chi connectivity index (χ0v) is 6.52. The van der Waals surface area contributed by atoms with Crippen LogP contribution in [0.25, 0.3) is 0 Å². The lowest BCUT2D eigenvalue weighted by Gasteiger charge is -2.15. The molecule has 1 fully saturated rings. The Morgan fingerprint density at radius 3 is 1.92 bits per heavy atom. The van der Waals surface area contributed by atoms with Gasteiger partial charge in [0.2, 0.25) is 5.66 Å². The van der Waals surface area contributed by atoms with E-state index in [0.29, 0.717) is 0 Å². The minimum absolute atomic E-state index is 0.183. The fourth-order valence-corrected chi connectivity index (χ4v) is 1.20. The van der Waals surface area contributed by atoms with Crippen molar-refractivity contribution in [2.75, 3.05) is 0 Å². The summed E-state index contributed by atoms with van der Waals surface area (Å²) in [5, 5.41) is 0. The molecule has 0 aliphatic carbocycles. The quantitative estimate of drug-likeness (QED) is 0.656. The van der Waals surface area contributed by atoms with Crippen LogP contribution in [0, 0.1) is 0 Å². The summed E-state index contributed by atoms with van der Waals surface area (Å²) >= 11 is 0. The molecule has 1 aliphatic rings. The highest BCUT2D eigenvalue weighted by atomic mass is 19.4. The minimum Gasteiger partial charge on any atom is -0.223 e.